The Hall–Kier alpha value is -1.77. The summed E-state index contributed by atoms with van der Waals surface area (Å²) in [6, 6.07) is 3.13. The van der Waals surface area contributed by atoms with Crippen LogP contribution in [0.4, 0.5) is 13.2 Å². The van der Waals surface area contributed by atoms with Crippen molar-refractivity contribution in [2.75, 3.05) is 7.11 Å². The zero-order valence-corrected chi connectivity index (χ0v) is 10.6. The van der Waals surface area contributed by atoms with Crippen LogP contribution in [0.1, 0.15) is 17.3 Å². The molecule has 0 amide bonds. The summed E-state index contributed by atoms with van der Waals surface area (Å²) in [7, 11) is -4.68. The molecule has 0 aliphatic carbocycles. The van der Waals surface area contributed by atoms with Crippen molar-refractivity contribution in [1.29, 1.82) is 0 Å². The molecule has 106 valence electrons. The number of hydrogen-bond donors (Lipinski definition) is 0. The van der Waals surface area contributed by atoms with E-state index < -0.39 is 21.4 Å². The van der Waals surface area contributed by atoms with Gasteiger partial charge in [-0.05, 0) is 25.1 Å². The monoisotopic (exact) mass is 298 g/mol. The van der Waals surface area contributed by atoms with E-state index in [0.29, 0.717) is 0 Å². The van der Waals surface area contributed by atoms with Gasteiger partial charge >= 0.3 is 15.6 Å². The number of carbonyl (C=O) groups excluding carboxylic acids is 1. The van der Waals surface area contributed by atoms with Gasteiger partial charge in [-0.1, -0.05) is 0 Å². The first-order chi connectivity index (χ1) is 8.58. The minimum Gasteiger partial charge on any atom is -0.493 e. The summed E-state index contributed by atoms with van der Waals surface area (Å²) in [5.41, 5.74) is -5.40. The lowest BCUT2D eigenvalue weighted by atomic mass is 10.1. The Morgan fingerprint density at radius 3 is 2.21 bits per heavy atom. The summed E-state index contributed by atoms with van der Waals surface area (Å²) in [5.74, 6) is -1.30. The first-order valence-corrected chi connectivity index (χ1v) is 6.19. The molecule has 0 fully saturated rings. The number of halogens is 3. The summed E-state index contributed by atoms with van der Waals surface area (Å²) in [6.07, 6.45) is 0. The van der Waals surface area contributed by atoms with E-state index in [2.05, 4.69) is 8.92 Å². The average molecular weight is 298 g/mol. The summed E-state index contributed by atoms with van der Waals surface area (Å²) in [6.45, 7) is 1.24. The molecule has 0 heterocycles. The van der Waals surface area contributed by atoms with Crippen molar-refractivity contribution in [2.45, 2.75) is 12.4 Å². The second kappa shape index (κ2) is 5.08. The molecule has 0 atom stereocenters. The number of hydrogen-bond acceptors (Lipinski definition) is 5. The maximum Gasteiger partial charge on any atom is 0.534 e. The first kappa shape index (κ1) is 15.3. The second-order valence-electron chi connectivity index (χ2n) is 3.41. The maximum atomic E-state index is 12.2. The van der Waals surface area contributed by atoms with E-state index in [-0.39, 0.29) is 17.1 Å². The Labute approximate surface area is 107 Å². The molecule has 0 saturated heterocycles. The molecule has 0 bridgehead atoms. The number of benzene rings is 1. The van der Waals surface area contributed by atoms with E-state index in [4.69, 9.17) is 0 Å². The zero-order chi connectivity index (χ0) is 14.8. The van der Waals surface area contributed by atoms with Gasteiger partial charge in [0.2, 0.25) is 0 Å². The molecule has 9 heteroatoms. The highest BCUT2D eigenvalue weighted by molar-refractivity contribution is 7.88. The lowest BCUT2D eigenvalue weighted by Gasteiger charge is -2.12. The maximum absolute atomic E-state index is 12.2. The molecule has 0 aliphatic rings. The Morgan fingerprint density at radius 1 is 1.21 bits per heavy atom. The predicted octanol–water partition coefficient (Wildman–Crippen LogP) is 2.13. The number of ketones is 1. The van der Waals surface area contributed by atoms with Gasteiger partial charge in [-0.2, -0.15) is 21.6 Å². The van der Waals surface area contributed by atoms with Crippen LogP contribution in [0.5, 0.6) is 11.5 Å². The van der Waals surface area contributed by atoms with Crippen molar-refractivity contribution in [3.63, 3.8) is 0 Å². The fourth-order valence-corrected chi connectivity index (χ4v) is 1.59. The molecule has 1 aromatic rings. The molecule has 0 aromatic heterocycles. The topological polar surface area (TPSA) is 69.7 Å². The van der Waals surface area contributed by atoms with Gasteiger partial charge in [0.1, 0.15) is 0 Å². The summed E-state index contributed by atoms with van der Waals surface area (Å²) < 4.78 is 66.8. The van der Waals surface area contributed by atoms with E-state index in [0.717, 1.165) is 25.3 Å². The van der Waals surface area contributed by atoms with Crippen LogP contribution in [0.3, 0.4) is 0 Å². The van der Waals surface area contributed by atoms with Crippen LogP contribution >= 0.6 is 0 Å². The van der Waals surface area contributed by atoms with Gasteiger partial charge in [0, 0.05) is 5.56 Å². The molecular formula is C10H9F3O5S. The number of rotatable bonds is 4. The third kappa shape index (κ3) is 3.37. The molecule has 0 unspecified atom stereocenters. The van der Waals surface area contributed by atoms with E-state index in [9.17, 15) is 26.4 Å². The Bertz CT molecular complexity index is 592. The molecule has 0 N–H and O–H groups in total. The molecular weight excluding hydrogens is 289 g/mol. The van der Waals surface area contributed by atoms with Gasteiger partial charge in [0.25, 0.3) is 0 Å². The van der Waals surface area contributed by atoms with Crippen LogP contribution in [0, 0.1) is 0 Å². The number of ether oxygens (including phenoxy) is 1. The summed E-state index contributed by atoms with van der Waals surface area (Å²) >= 11 is 0. The van der Waals surface area contributed by atoms with Crippen molar-refractivity contribution >= 4 is 15.9 Å². The van der Waals surface area contributed by atoms with Crippen molar-refractivity contribution in [3.8, 4) is 11.5 Å². The fourth-order valence-electron chi connectivity index (χ4n) is 1.12. The standard InChI is InChI=1S/C10H9F3O5S/c1-6(14)7-3-4-8(9(5-7)17-2)18-19(15,16)10(11,12)13/h3-5H,1-2H3. The van der Waals surface area contributed by atoms with Gasteiger partial charge in [0.15, 0.2) is 17.3 Å². The van der Waals surface area contributed by atoms with Gasteiger partial charge in [0.05, 0.1) is 7.11 Å². The largest absolute Gasteiger partial charge is 0.534 e. The molecule has 0 spiro atoms. The van der Waals surface area contributed by atoms with Crippen molar-refractivity contribution in [1.82, 2.24) is 0 Å². The van der Waals surface area contributed by atoms with Crippen LogP contribution in [0.15, 0.2) is 18.2 Å². The van der Waals surface area contributed by atoms with E-state index in [1.165, 1.54) is 6.92 Å². The zero-order valence-electron chi connectivity index (χ0n) is 9.82. The third-order valence-electron chi connectivity index (χ3n) is 2.05. The molecule has 0 radical (unpaired) electrons. The van der Waals surface area contributed by atoms with Crippen molar-refractivity contribution < 1.29 is 35.3 Å². The van der Waals surface area contributed by atoms with Gasteiger partial charge in [-0.3, -0.25) is 4.79 Å². The van der Waals surface area contributed by atoms with Crippen molar-refractivity contribution in [3.05, 3.63) is 23.8 Å². The lowest BCUT2D eigenvalue weighted by Crippen LogP contribution is -2.28. The van der Waals surface area contributed by atoms with Gasteiger partial charge < -0.3 is 8.92 Å². The van der Waals surface area contributed by atoms with Crippen LogP contribution in [-0.4, -0.2) is 26.8 Å². The van der Waals surface area contributed by atoms with Crippen LogP contribution in [0.2, 0.25) is 0 Å². The predicted molar refractivity (Wildman–Crippen MR) is 58.6 cm³/mol. The summed E-state index contributed by atoms with van der Waals surface area (Å²) in [5, 5.41) is 0. The van der Waals surface area contributed by atoms with E-state index in [1.807, 2.05) is 0 Å². The number of carbonyl (C=O) groups is 1. The third-order valence-corrected chi connectivity index (χ3v) is 3.02. The number of Topliss-reactive ketones (excluding diaryl/α,β-unsaturated/α-hetero) is 1. The minimum atomic E-state index is -5.78. The SMILES string of the molecule is COc1cc(C(C)=O)ccc1OS(=O)(=O)C(F)(F)F. The lowest BCUT2D eigenvalue weighted by molar-refractivity contribution is -0.0500. The van der Waals surface area contributed by atoms with Crippen LogP contribution in [-0.2, 0) is 10.1 Å². The molecule has 5 nitrogen and oxygen atoms in total. The Morgan fingerprint density at radius 2 is 1.79 bits per heavy atom. The molecule has 0 saturated carbocycles. The van der Waals surface area contributed by atoms with Crippen LogP contribution in [0.25, 0.3) is 0 Å². The van der Waals surface area contributed by atoms with E-state index in [1.54, 1.807) is 0 Å². The highest BCUT2D eigenvalue weighted by Crippen LogP contribution is 2.33. The Balaban J connectivity index is 3.20. The summed E-state index contributed by atoms with van der Waals surface area (Å²) in [4.78, 5) is 11.1. The first-order valence-electron chi connectivity index (χ1n) is 4.78. The Kier molecular flexibility index (Phi) is 4.09. The average Bonchev–Trinajstić information content (AvgIpc) is 2.27. The smallest absolute Gasteiger partial charge is 0.493 e. The molecule has 1 aromatic carbocycles. The fraction of sp³-hybridized carbons (Fsp3) is 0.300. The van der Waals surface area contributed by atoms with Crippen LogP contribution < -0.4 is 8.92 Å². The highest BCUT2D eigenvalue weighted by Gasteiger charge is 2.48. The number of methoxy groups -OCH3 is 1. The second-order valence-corrected chi connectivity index (χ2v) is 4.94. The van der Waals surface area contributed by atoms with Gasteiger partial charge in [-0.25, -0.2) is 0 Å². The highest BCUT2D eigenvalue weighted by atomic mass is 32.2. The normalized spacial score (nSPS) is 12.1. The van der Waals surface area contributed by atoms with Crippen molar-refractivity contribution in [2.24, 2.45) is 0 Å². The number of alkyl halides is 3. The van der Waals surface area contributed by atoms with Gasteiger partial charge in [-0.15, -0.1) is 0 Å². The molecule has 19 heavy (non-hydrogen) atoms. The molecule has 1 rings (SSSR count). The molecule has 0 aliphatic heterocycles. The quantitative estimate of drug-likeness (QED) is 0.484. The minimum absolute atomic E-state index is 0.147. The van der Waals surface area contributed by atoms with E-state index >= 15 is 0 Å².